The summed E-state index contributed by atoms with van der Waals surface area (Å²) in [5.74, 6) is 2.30. The predicted octanol–water partition coefficient (Wildman–Crippen LogP) is 3.35. The second-order valence-electron chi connectivity index (χ2n) is 7.92. The van der Waals surface area contributed by atoms with Crippen molar-refractivity contribution in [3.05, 3.63) is 59.7 Å². The summed E-state index contributed by atoms with van der Waals surface area (Å²) in [6.07, 6.45) is 2.17. The number of pyridine rings is 1. The zero-order valence-corrected chi connectivity index (χ0v) is 17.3. The van der Waals surface area contributed by atoms with E-state index in [0.29, 0.717) is 25.4 Å². The summed E-state index contributed by atoms with van der Waals surface area (Å²) in [5.41, 5.74) is 2.89. The number of para-hydroxylation sites is 1. The average Bonchev–Trinajstić information content (AvgIpc) is 2.73. The van der Waals surface area contributed by atoms with Gasteiger partial charge in [0.1, 0.15) is 11.6 Å². The van der Waals surface area contributed by atoms with Gasteiger partial charge in [0.15, 0.2) is 0 Å². The molecule has 0 N–H and O–H groups in total. The molecule has 1 saturated heterocycles. The number of benzene rings is 1. The monoisotopic (exact) mass is 389 g/mol. The Hall–Kier alpha value is -3.02. The molecule has 0 aliphatic carbocycles. The van der Waals surface area contributed by atoms with Gasteiger partial charge in [0.2, 0.25) is 5.91 Å². The molecule has 0 spiro atoms. The fraction of sp³-hybridized carbons (Fsp3) is 0.391. The summed E-state index contributed by atoms with van der Waals surface area (Å²) in [6, 6.07) is 12.0. The highest BCUT2D eigenvalue weighted by Crippen LogP contribution is 2.20. The van der Waals surface area contributed by atoms with Crippen molar-refractivity contribution in [2.45, 2.75) is 33.1 Å². The highest BCUT2D eigenvalue weighted by atomic mass is 16.2. The molecule has 1 fully saturated rings. The molecule has 1 aliphatic rings. The maximum atomic E-state index is 12.9. The lowest BCUT2D eigenvalue weighted by Crippen LogP contribution is -2.49. The van der Waals surface area contributed by atoms with Crippen LogP contribution in [0.25, 0.3) is 10.9 Å². The molecule has 150 valence electrons. The van der Waals surface area contributed by atoms with Crippen molar-refractivity contribution >= 4 is 22.6 Å². The standard InChI is InChI=1S/C23H27N5O/c1-16(2)23-25-17(3)14-20(26-23)27-10-12-28(13-11-27)21(29)15-19-7-4-6-18-8-5-9-24-22(18)19/h4-9,14,16H,10-13,15H2,1-3H3. The van der Waals surface area contributed by atoms with Gasteiger partial charge in [-0.2, -0.15) is 0 Å². The molecule has 6 nitrogen and oxygen atoms in total. The number of nitrogens with zero attached hydrogens (tertiary/aromatic N) is 5. The van der Waals surface area contributed by atoms with Crippen molar-refractivity contribution in [2.75, 3.05) is 31.1 Å². The summed E-state index contributed by atoms with van der Waals surface area (Å²) in [5, 5.41) is 1.07. The number of rotatable bonds is 4. The van der Waals surface area contributed by atoms with Crippen LogP contribution in [-0.4, -0.2) is 51.9 Å². The fourth-order valence-corrected chi connectivity index (χ4v) is 3.76. The van der Waals surface area contributed by atoms with Gasteiger partial charge in [0, 0.05) is 55.4 Å². The molecule has 3 aromatic rings. The van der Waals surface area contributed by atoms with Crippen LogP contribution in [0.15, 0.2) is 42.6 Å². The van der Waals surface area contributed by atoms with E-state index < -0.39 is 0 Å². The lowest BCUT2D eigenvalue weighted by Gasteiger charge is -2.35. The van der Waals surface area contributed by atoms with Crippen molar-refractivity contribution in [3.63, 3.8) is 0 Å². The smallest absolute Gasteiger partial charge is 0.227 e. The second kappa shape index (κ2) is 8.15. The van der Waals surface area contributed by atoms with Gasteiger partial charge in [-0.15, -0.1) is 0 Å². The molecule has 1 aliphatic heterocycles. The van der Waals surface area contributed by atoms with Crippen LogP contribution in [0.3, 0.4) is 0 Å². The highest BCUT2D eigenvalue weighted by Gasteiger charge is 2.23. The summed E-state index contributed by atoms with van der Waals surface area (Å²) in [7, 11) is 0. The summed E-state index contributed by atoms with van der Waals surface area (Å²) in [4.78, 5) is 30.8. The first-order valence-corrected chi connectivity index (χ1v) is 10.2. The lowest BCUT2D eigenvalue weighted by molar-refractivity contribution is -0.130. The van der Waals surface area contributed by atoms with Gasteiger partial charge in [0.25, 0.3) is 0 Å². The molecule has 3 heterocycles. The minimum Gasteiger partial charge on any atom is -0.353 e. The van der Waals surface area contributed by atoms with Crippen LogP contribution < -0.4 is 4.90 Å². The number of carbonyl (C=O) groups is 1. The molecule has 0 unspecified atom stereocenters. The number of hydrogen-bond donors (Lipinski definition) is 0. The average molecular weight is 390 g/mol. The maximum absolute atomic E-state index is 12.9. The molecule has 1 aromatic carbocycles. The predicted molar refractivity (Wildman–Crippen MR) is 115 cm³/mol. The van der Waals surface area contributed by atoms with E-state index >= 15 is 0 Å². The molecular weight excluding hydrogens is 362 g/mol. The molecule has 2 aromatic heterocycles. The molecule has 29 heavy (non-hydrogen) atoms. The van der Waals surface area contributed by atoms with Gasteiger partial charge in [-0.05, 0) is 18.6 Å². The number of hydrogen-bond acceptors (Lipinski definition) is 5. The molecule has 1 amide bonds. The van der Waals surface area contributed by atoms with Crippen LogP contribution in [0, 0.1) is 6.92 Å². The highest BCUT2D eigenvalue weighted by molar-refractivity contribution is 5.87. The third-order valence-electron chi connectivity index (χ3n) is 5.39. The number of aryl methyl sites for hydroxylation is 1. The molecule has 4 rings (SSSR count). The fourth-order valence-electron chi connectivity index (χ4n) is 3.76. The quantitative estimate of drug-likeness (QED) is 0.685. The number of anilines is 1. The third kappa shape index (κ3) is 4.21. The SMILES string of the molecule is Cc1cc(N2CCN(C(=O)Cc3cccc4cccnc34)CC2)nc(C(C)C)n1. The molecule has 0 atom stereocenters. The van der Waals surface area contributed by atoms with Crippen molar-refractivity contribution in [1.82, 2.24) is 19.9 Å². The topological polar surface area (TPSA) is 62.2 Å². The van der Waals surface area contributed by atoms with E-state index in [1.54, 1.807) is 6.20 Å². The van der Waals surface area contributed by atoms with Crippen LogP contribution in [0.2, 0.25) is 0 Å². The van der Waals surface area contributed by atoms with Crippen LogP contribution in [-0.2, 0) is 11.2 Å². The Morgan fingerprint density at radius 3 is 2.59 bits per heavy atom. The van der Waals surface area contributed by atoms with Gasteiger partial charge in [-0.25, -0.2) is 9.97 Å². The van der Waals surface area contributed by atoms with E-state index in [1.165, 1.54) is 0 Å². The Balaban J connectivity index is 1.42. The van der Waals surface area contributed by atoms with Crippen LogP contribution in [0.5, 0.6) is 0 Å². The minimum atomic E-state index is 0.157. The molecule has 6 heteroatoms. The summed E-state index contributed by atoms with van der Waals surface area (Å²) < 4.78 is 0. The number of aromatic nitrogens is 3. The Kier molecular flexibility index (Phi) is 5.43. The van der Waals surface area contributed by atoms with E-state index in [-0.39, 0.29) is 5.91 Å². The van der Waals surface area contributed by atoms with Crippen molar-refractivity contribution < 1.29 is 4.79 Å². The summed E-state index contributed by atoms with van der Waals surface area (Å²) in [6.45, 7) is 9.21. The van der Waals surface area contributed by atoms with E-state index in [0.717, 1.165) is 46.9 Å². The molecular formula is C23H27N5O. The Morgan fingerprint density at radius 2 is 1.83 bits per heavy atom. The molecule has 0 radical (unpaired) electrons. The lowest BCUT2D eigenvalue weighted by atomic mass is 10.1. The first kappa shape index (κ1) is 19.3. The van der Waals surface area contributed by atoms with E-state index in [1.807, 2.05) is 48.2 Å². The first-order valence-electron chi connectivity index (χ1n) is 10.2. The van der Waals surface area contributed by atoms with Gasteiger partial charge in [-0.1, -0.05) is 38.1 Å². The van der Waals surface area contributed by atoms with Crippen molar-refractivity contribution in [3.8, 4) is 0 Å². The van der Waals surface area contributed by atoms with Crippen LogP contribution >= 0.6 is 0 Å². The van der Waals surface area contributed by atoms with Gasteiger partial charge in [-0.3, -0.25) is 9.78 Å². The largest absolute Gasteiger partial charge is 0.353 e. The van der Waals surface area contributed by atoms with Gasteiger partial charge < -0.3 is 9.80 Å². The van der Waals surface area contributed by atoms with Gasteiger partial charge in [0.05, 0.1) is 11.9 Å². The maximum Gasteiger partial charge on any atom is 0.227 e. The van der Waals surface area contributed by atoms with Crippen molar-refractivity contribution in [1.29, 1.82) is 0 Å². The zero-order valence-electron chi connectivity index (χ0n) is 17.3. The second-order valence-corrected chi connectivity index (χ2v) is 7.92. The van der Waals surface area contributed by atoms with Crippen LogP contribution in [0.4, 0.5) is 5.82 Å². The van der Waals surface area contributed by atoms with E-state index in [2.05, 4.69) is 28.7 Å². The Labute approximate surface area is 171 Å². The Morgan fingerprint density at radius 1 is 1.07 bits per heavy atom. The molecule has 0 bridgehead atoms. The zero-order chi connectivity index (χ0) is 20.4. The molecule has 0 saturated carbocycles. The minimum absolute atomic E-state index is 0.157. The van der Waals surface area contributed by atoms with Gasteiger partial charge >= 0.3 is 0 Å². The number of piperazine rings is 1. The number of amides is 1. The van der Waals surface area contributed by atoms with E-state index in [4.69, 9.17) is 4.98 Å². The van der Waals surface area contributed by atoms with E-state index in [9.17, 15) is 4.79 Å². The number of fused-ring (bicyclic) bond motifs is 1. The number of carbonyl (C=O) groups excluding carboxylic acids is 1. The Bertz CT molecular complexity index is 1020. The third-order valence-corrected chi connectivity index (χ3v) is 5.39. The van der Waals surface area contributed by atoms with Crippen LogP contribution in [0.1, 0.15) is 36.8 Å². The summed E-state index contributed by atoms with van der Waals surface area (Å²) >= 11 is 0. The first-order chi connectivity index (χ1) is 14.0. The normalized spacial score (nSPS) is 14.6. The van der Waals surface area contributed by atoms with Crippen molar-refractivity contribution in [2.24, 2.45) is 0 Å².